The molecule has 0 aromatic rings. The van der Waals surface area contributed by atoms with Crippen LogP contribution in [0.3, 0.4) is 0 Å². The Bertz CT molecular complexity index is 153. The smallest absolute Gasteiger partial charge is 0.321 e. The van der Waals surface area contributed by atoms with Crippen LogP contribution in [-0.2, 0) is 4.79 Å². The van der Waals surface area contributed by atoms with E-state index in [9.17, 15) is 14.0 Å². The number of carbonyl (C=O) groups is 2. The fourth-order valence-electron chi connectivity index (χ4n) is 0.365. The summed E-state index contributed by atoms with van der Waals surface area (Å²) in [5.41, 5.74) is 0. The fraction of sp³-hybridized carbons (Fsp3) is 0.600. The van der Waals surface area contributed by atoms with Gasteiger partial charge in [0.2, 0.25) is 0 Å². The van der Waals surface area contributed by atoms with E-state index in [2.05, 4.69) is 5.32 Å². The first-order chi connectivity index (χ1) is 5.20. The maximum absolute atomic E-state index is 11.5. The number of hydrogen-bond donors (Lipinski definition) is 2. The normalized spacial score (nSPS) is 8.91. The summed E-state index contributed by atoms with van der Waals surface area (Å²) in [6.45, 7) is -0.957. The summed E-state index contributed by atoms with van der Waals surface area (Å²) in [6, 6.07) is -0.728. The molecule has 0 saturated carbocycles. The van der Waals surface area contributed by atoms with Crippen molar-refractivity contribution in [2.24, 2.45) is 0 Å². The zero-order valence-corrected chi connectivity index (χ0v) is 6.45. The van der Waals surface area contributed by atoms with Crippen LogP contribution in [0.5, 0.6) is 0 Å². The molecule has 0 radical (unpaired) electrons. The van der Waals surface area contributed by atoms with E-state index in [4.69, 9.17) is 11.6 Å². The molecule has 11 heavy (non-hydrogen) atoms. The van der Waals surface area contributed by atoms with E-state index in [0.29, 0.717) is 0 Å². The van der Waals surface area contributed by atoms with Crippen molar-refractivity contribution >= 4 is 23.5 Å². The van der Waals surface area contributed by atoms with E-state index >= 15 is 0 Å². The van der Waals surface area contributed by atoms with Crippen molar-refractivity contribution in [3.05, 3.63) is 0 Å². The molecule has 0 spiro atoms. The predicted octanol–water partition coefficient (Wildman–Crippen LogP) is 0.0205. The van der Waals surface area contributed by atoms with Crippen molar-refractivity contribution in [2.45, 2.75) is 0 Å². The van der Waals surface area contributed by atoms with Gasteiger partial charge in [0, 0.05) is 12.4 Å². The number of imide groups is 1. The molecular weight excluding hydrogens is 175 g/mol. The highest BCUT2D eigenvalue weighted by Crippen LogP contribution is 1.72. The number of urea groups is 1. The zero-order chi connectivity index (χ0) is 8.69. The number of carbonyl (C=O) groups excluding carboxylic acids is 2. The lowest BCUT2D eigenvalue weighted by molar-refractivity contribution is -0.120. The number of rotatable bonds is 3. The fourth-order valence-corrected chi connectivity index (χ4v) is 0.459. The summed E-state index contributed by atoms with van der Waals surface area (Å²) in [5.74, 6) is -0.714. The quantitative estimate of drug-likeness (QED) is 0.605. The second-order valence-corrected chi connectivity index (χ2v) is 2.00. The van der Waals surface area contributed by atoms with Crippen LogP contribution >= 0.6 is 11.6 Å². The standard InChI is InChI=1S/C5H8ClFN2O2/c6-1-2-8-5(11)9-4(10)3-7/h1-3H2,(H2,8,9,10,11). The summed E-state index contributed by atoms with van der Waals surface area (Å²) in [5, 5.41) is 3.97. The zero-order valence-electron chi connectivity index (χ0n) is 5.69. The summed E-state index contributed by atoms with van der Waals surface area (Å²) in [6.07, 6.45) is 0. The highest BCUT2D eigenvalue weighted by Gasteiger charge is 2.04. The maximum atomic E-state index is 11.5. The van der Waals surface area contributed by atoms with Gasteiger partial charge in [0.1, 0.15) is 0 Å². The Morgan fingerprint density at radius 1 is 1.45 bits per heavy atom. The second kappa shape index (κ2) is 5.91. The van der Waals surface area contributed by atoms with Crippen molar-refractivity contribution < 1.29 is 14.0 Å². The van der Waals surface area contributed by atoms with Gasteiger partial charge in [0.25, 0.3) is 5.91 Å². The Morgan fingerprint density at radius 2 is 2.09 bits per heavy atom. The summed E-state index contributed by atoms with van der Waals surface area (Å²) in [7, 11) is 0. The second-order valence-electron chi connectivity index (χ2n) is 1.63. The van der Waals surface area contributed by atoms with Crippen molar-refractivity contribution in [3.8, 4) is 0 Å². The Hall–Kier alpha value is -0.840. The summed E-state index contributed by atoms with van der Waals surface area (Å²) < 4.78 is 11.5. The van der Waals surface area contributed by atoms with Crippen LogP contribution in [0, 0.1) is 0 Å². The molecule has 0 unspecified atom stereocenters. The molecule has 0 aliphatic heterocycles. The molecule has 0 fully saturated rings. The Kier molecular flexibility index (Phi) is 5.46. The average Bonchev–Trinajstić information content (AvgIpc) is 2.00. The first-order valence-corrected chi connectivity index (χ1v) is 3.43. The molecule has 0 bridgehead atoms. The van der Waals surface area contributed by atoms with Gasteiger partial charge in [-0.1, -0.05) is 0 Å². The third kappa shape index (κ3) is 5.60. The van der Waals surface area contributed by atoms with Gasteiger partial charge in [-0.3, -0.25) is 10.1 Å². The van der Waals surface area contributed by atoms with Gasteiger partial charge in [0.15, 0.2) is 6.67 Å². The van der Waals surface area contributed by atoms with Crippen molar-refractivity contribution in [3.63, 3.8) is 0 Å². The number of nitrogens with one attached hydrogen (secondary N) is 2. The van der Waals surface area contributed by atoms with Gasteiger partial charge in [-0.25, -0.2) is 9.18 Å². The maximum Gasteiger partial charge on any atom is 0.321 e. The molecule has 3 amide bonds. The topological polar surface area (TPSA) is 58.2 Å². The predicted molar refractivity (Wildman–Crippen MR) is 38.2 cm³/mol. The molecule has 0 saturated heterocycles. The van der Waals surface area contributed by atoms with Crippen LogP contribution in [0.25, 0.3) is 0 Å². The minimum Gasteiger partial charge on any atom is -0.337 e. The molecular formula is C5H8ClFN2O2. The number of hydrogen-bond acceptors (Lipinski definition) is 2. The molecule has 0 aromatic heterocycles. The van der Waals surface area contributed by atoms with E-state index in [1.54, 1.807) is 5.32 Å². The molecule has 0 aliphatic rings. The average molecular weight is 183 g/mol. The molecule has 64 valence electrons. The van der Waals surface area contributed by atoms with Gasteiger partial charge in [-0.05, 0) is 0 Å². The molecule has 0 heterocycles. The number of alkyl halides is 2. The number of amides is 3. The minimum absolute atomic E-state index is 0.243. The third-order valence-electron chi connectivity index (χ3n) is 0.754. The summed E-state index contributed by atoms with van der Waals surface area (Å²) >= 11 is 5.21. The third-order valence-corrected chi connectivity index (χ3v) is 0.943. The first kappa shape index (κ1) is 10.2. The van der Waals surface area contributed by atoms with E-state index in [1.165, 1.54) is 0 Å². The molecule has 0 aliphatic carbocycles. The van der Waals surface area contributed by atoms with Crippen LogP contribution in [0.4, 0.5) is 9.18 Å². The van der Waals surface area contributed by atoms with Crippen molar-refractivity contribution in [2.75, 3.05) is 19.1 Å². The van der Waals surface area contributed by atoms with E-state index in [0.717, 1.165) is 0 Å². The van der Waals surface area contributed by atoms with Crippen molar-refractivity contribution in [1.82, 2.24) is 10.6 Å². The van der Waals surface area contributed by atoms with E-state index in [1.807, 2.05) is 0 Å². The van der Waals surface area contributed by atoms with Crippen LogP contribution in [0.2, 0.25) is 0 Å². The molecule has 6 heteroatoms. The lowest BCUT2D eigenvalue weighted by Gasteiger charge is -2.01. The Balaban J connectivity index is 3.44. The van der Waals surface area contributed by atoms with Gasteiger partial charge in [0.05, 0.1) is 0 Å². The lowest BCUT2D eigenvalue weighted by atomic mass is 10.6. The van der Waals surface area contributed by atoms with Crippen LogP contribution in [-0.4, -0.2) is 31.0 Å². The lowest BCUT2D eigenvalue weighted by Crippen LogP contribution is -2.40. The van der Waals surface area contributed by atoms with Crippen LogP contribution in [0.1, 0.15) is 0 Å². The molecule has 2 N–H and O–H groups in total. The highest BCUT2D eigenvalue weighted by atomic mass is 35.5. The minimum atomic E-state index is -1.20. The van der Waals surface area contributed by atoms with Crippen LogP contribution in [0.15, 0.2) is 0 Å². The SMILES string of the molecule is O=C(CF)NC(=O)NCCCl. The number of halogens is 2. The van der Waals surface area contributed by atoms with E-state index < -0.39 is 18.6 Å². The largest absolute Gasteiger partial charge is 0.337 e. The first-order valence-electron chi connectivity index (χ1n) is 2.90. The Morgan fingerprint density at radius 3 is 2.55 bits per heavy atom. The van der Waals surface area contributed by atoms with Gasteiger partial charge in [-0.15, -0.1) is 11.6 Å². The molecule has 0 rings (SSSR count). The highest BCUT2D eigenvalue weighted by molar-refractivity contribution is 6.18. The van der Waals surface area contributed by atoms with Gasteiger partial charge >= 0.3 is 6.03 Å². The van der Waals surface area contributed by atoms with Gasteiger partial charge < -0.3 is 5.32 Å². The Labute approximate surface area is 68.1 Å². The van der Waals surface area contributed by atoms with E-state index in [-0.39, 0.29) is 12.4 Å². The molecule has 4 nitrogen and oxygen atoms in total. The molecule has 0 aromatic carbocycles. The monoisotopic (exact) mass is 182 g/mol. The summed E-state index contributed by atoms with van der Waals surface area (Å²) in [4.78, 5) is 20.7. The van der Waals surface area contributed by atoms with Crippen molar-refractivity contribution in [1.29, 1.82) is 0 Å². The van der Waals surface area contributed by atoms with Gasteiger partial charge in [-0.2, -0.15) is 0 Å². The van der Waals surface area contributed by atoms with Crippen LogP contribution < -0.4 is 10.6 Å². The molecule has 0 atom stereocenters.